The fourth-order valence-corrected chi connectivity index (χ4v) is 4.30. The number of thiophene rings is 1. The number of anilines is 2. The number of nitro benzene ring substituents is 1. The lowest BCUT2D eigenvalue weighted by atomic mass is 10.1. The van der Waals surface area contributed by atoms with E-state index < -0.39 is 10.9 Å². The van der Waals surface area contributed by atoms with E-state index in [2.05, 4.69) is 10.6 Å². The van der Waals surface area contributed by atoms with Crippen LogP contribution >= 0.6 is 23.6 Å². The summed E-state index contributed by atoms with van der Waals surface area (Å²) in [4.78, 5) is 24.1. The highest BCUT2D eigenvalue weighted by molar-refractivity contribution is 7.80. The number of nitro groups is 1. The number of nitrogens with one attached hydrogen (secondary N) is 2. The minimum Gasteiger partial charge on any atom is -0.462 e. The van der Waals surface area contributed by atoms with Gasteiger partial charge in [0.25, 0.3) is 5.69 Å². The van der Waals surface area contributed by atoms with Crippen molar-refractivity contribution in [2.24, 2.45) is 0 Å². The van der Waals surface area contributed by atoms with E-state index in [1.54, 1.807) is 32.0 Å². The van der Waals surface area contributed by atoms with Crippen molar-refractivity contribution in [3.63, 3.8) is 0 Å². The van der Waals surface area contributed by atoms with Gasteiger partial charge in [-0.3, -0.25) is 10.1 Å². The zero-order chi connectivity index (χ0) is 22.4. The van der Waals surface area contributed by atoms with Gasteiger partial charge in [0.1, 0.15) is 5.00 Å². The summed E-state index contributed by atoms with van der Waals surface area (Å²) in [6, 6.07) is 16.5. The quantitative estimate of drug-likeness (QED) is 0.209. The monoisotopic (exact) mass is 455 g/mol. The minimum atomic E-state index is -0.440. The Bertz CT molecular complexity index is 1110. The highest BCUT2D eigenvalue weighted by atomic mass is 32.1. The summed E-state index contributed by atoms with van der Waals surface area (Å²) >= 11 is 6.78. The van der Waals surface area contributed by atoms with E-state index >= 15 is 0 Å². The van der Waals surface area contributed by atoms with Crippen LogP contribution in [0.25, 0.3) is 0 Å². The van der Waals surface area contributed by atoms with Gasteiger partial charge in [0, 0.05) is 28.6 Å². The summed E-state index contributed by atoms with van der Waals surface area (Å²) in [5.41, 5.74) is 2.56. The molecule has 0 atom stereocenters. The summed E-state index contributed by atoms with van der Waals surface area (Å²) < 4.78 is 5.18. The average Bonchev–Trinajstić information content (AvgIpc) is 3.12. The van der Waals surface area contributed by atoms with E-state index in [4.69, 9.17) is 17.0 Å². The number of hydrogen-bond acceptors (Lipinski definition) is 6. The maximum Gasteiger partial charge on any atom is 0.341 e. The van der Waals surface area contributed by atoms with Crippen molar-refractivity contribution in [3.05, 3.63) is 86.3 Å². The molecule has 0 bridgehead atoms. The molecule has 31 heavy (non-hydrogen) atoms. The van der Waals surface area contributed by atoms with E-state index in [-0.39, 0.29) is 17.4 Å². The summed E-state index contributed by atoms with van der Waals surface area (Å²) in [6.07, 6.45) is 0.671. The molecule has 0 saturated carbocycles. The molecule has 0 unspecified atom stereocenters. The lowest BCUT2D eigenvalue weighted by molar-refractivity contribution is -0.385. The highest BCUT2D eigenvalue weighted by Gasteiger charge is 2.19. The molecule has 0 spiro atoms. The first-order valence-electron chi connectivity index (χ1n) is 9.54. The molecule has 0 aliphatic heterocycles. The van der Waals surface area contributed by atoms with Crippen molar-refractivity contribution in [3.8, 4) is 0 Å². The number of aryl methyl sites for hydroxylation is 1. The number of carbonyl (C=O) groups excluding carboxylic acids is 1. The Morgan fingerprint density at radius 2 is 1.90 bits per heavy atom. The summed E-state index contributed by atoms with van der Waals surface area (Å²) in [6.45, 7) is 3.68. The first-order chi connectivity index (χ1) is 14.9. The highest BCUT2D eigenvalue weighted by Crippen LogP contribution is 2.31. The Morgan fingerprint density at radius 1 is 1.16 bits per heavy atom. The van der Waals surface area contributed by atoms with Gasteiger partial charge in [0.15, 0.2) is 5.11 Å². The number of hydrogen-bond donors (Lipinski definition) is 2. The Balaban J connectivity index is 1.80. The number of nitrogens with zero attached hydrogens (tertiary/aromatic N) is 1. The van der Waals surface area contributed by atoms with Gasteiger partial charge in [0.05, 0.1) is 17.1 Å². The van der Waals surface area contributed by atoms with Gasteiger partial charge in [-0.15, -0.1) is 11.3 Å². The van der Waals surface area contributed by atoms with Gasteiger partial charge in [-0.05, 0) is 43.8 Å². The van der Waals surface area contributed by atoms with E-state index in [0.717, 1.165) is 10.4 Å². The second kappa shape index (κ2) is 10.1. The number of ether oxygens (including phenoxy) is 1. The van der Waals surface area contributed by atoms with Gasteiger partial charge in [-0.25, -0.2) is 4.79 Å². The Labute approximate surface area is 189 Å². The molecule has 0 saturated heterocycles. The molecule has 0 aliphatic carbocycles. The SMILES string of the molecule is CCOC(=O)c1cc(Cc2ccccc2)sc1NC(=S)Nc1ccc(C)c([N+](=O)[O-])c1. The zero-order valence-electron chi connectivity index (χ0n) is 17.0. The molecule has 0 fully saturated rings. The van der Waals surface area contributed by atoms with Gasteiger partial charge < -0.3 is 15.4 Å². The van der Waals surface area contributed by atoms with E-state index in [1.165, 1.54) is 17.4 Å². The number of thiocarbonyl (C=S) groups is 1. The molecule has 2 aromatic carbocycles. The Kier molecular flexibility index (Phi) is 7.32. The summed E-state index contributed by atoms with van der Waals surface area (Å²) in [5.74, 6) is -0.436. The van der Waals surface area contributed by atoms with Crippen molar-refractivity contribution in [1.82, 2.24) is 0 Å². The molecule has 3 aromatic rings. The number of rotatable bonds is 7. The fraction of sp³-hybridized carbons (Fsp3) is 0.182. The predicted molar refractivity (Wildman–Crippen MR) is 127 cm³/mol. The van der Waals surface area contributed by atoms with Crippen LogP contribution in [-0.2, 0) is 11.2 Å². The van der Waals surface area contributed by atoms with Crippen molar-refractivity contribution < 1.29 is 14.5 Å². The fourth-order valence-electron chi connectivity index (χ4n) is 2.93. The Morgan fingerprint density at radius 3 is 2.58 bits per heavy atom. The van der Waals surface area contributed by atoms with Crippen LogP contribution in [0.2, 0.25) is 0 Å². The molecule has 7 nitrogen and oxygen atoms in total. The van der Waals surface area contributed by atoms with Gasteiger partial charge in [0.2, 0.25) is 0 Å². The molecule has 0 radical (unpaired) electrons. The molecule has 1 aromatic heterocycles. The standard InChI is InChI=1S/C22H21N3O4S2/c1-3-29-21(26)18-13-17(11-15-7-5-4-6-8-15)31-20(18)24-22(30)23-16-10-9-14(2)19(12-16)25(27)28/h4-10,12-13H,3,11H2,1-2H3,(H2,23,24,30). The number of benzene rings is 2. The number of carbonyl (C=O) groups is 1. The second-order valence-electron chi connectivity index (χ2n) is 6.68. The maximum atomic E-state index is 12.4. The van der Waals surface area contributed by atoms with Crippen LogP contribution in [0.3, 0.4) is 0 Å². The third-order valence-corrected chi connectivity index (χ3v) is 5.64. The smallest absolute Gasteiger partial charge is 0.341 e. The molecule has 160 valence electrons. The molecule has 0 aliphatic rings. The van der Waals surface area contributed by atoms with Crippen LogP contribution in [0.1, 0.15) is 33.3 Å². The van der Waals surface area contributed by atoms with E-state index in [0.29, 0.717) is 28.2 Å². The molecular weight excluding hydrogens is 434 g/mol. The van der Waals surface area contributed by atoms with Crippen LogP contribution in [0, 0.1) is 17.0 Å². The van der Waals surface area contributed by atoms with E-state index in [1.807, 2.05) is 30.3 Å². The molecule has 3 rings (SSSR count). The normalized spacial score (nSPS) is 10.4. The second-order valence-corrected chi connectivity index (χ2v) is 8.22. The van der Waals surface area contributed by atoms with Crippen LogP contribution in [0.4, 0.5) is 16.4 Å². The Hall–Kier alpha value is -3.30. The van der Waals surface area contributed by atoms with Crippen LogP contribution in [0.5, 0.6) is 0 Å². The van der Waals surface area contributed by atoms with E-state index in [9.17, 15) is 14.9 Å². The van der Waals surface area contributed by atoms with Crippen LogP contribution in [0.15, 0.2) is 54.6 Å². The molecular formula is C22H21N3O4S2. The van der Waals surface area contributed by atoms with Crippen molar-refractivity contribution >= 4 is 51.0 Å². The number of esters is 1. The third-order valence-electron chi connectivity index (χ3n) is 4.39. The first-order valence-corrected chi connectivity index (χ1v) is 10.8. The lowest BCUT2D eigenvalue weighted by Gasteiger charge is -2.11. The van der Waals surface area contributed by atoms with Crippen LogP contribution < -0.4 is 10.6 Å². The lowest BCUT2D eigenvalue weighted by Crippen LogP contribution is -2.20. The maximum absolute atomic E-state index is 12.4. The molecule has 0 amide bonds. The topological polar surface area (TPSA) is 93.5 Å². The average molecular weight is 456 g/mol. The van der Waals surface area contributed by atoms with Gasteiger partial charge in [-0.2, -0.15) is 0 Å². The molecule has 1 heterocycles. The summed E-state index contributed by atoms with van der Waals surface area (Å²) in [5, 5.41) is 17.9. The third kappa shape index (κ3) is 5.87. The van der Waals surface area contributed by atoms with Crippen molar-refractivity contribution in [2.75, 3.05) is 17.2 Å². The van der Waals surface area contributed by atoms with Gasteiger partial charge in [-0.1, -0.05) is 36.4 Å². The van der Waals surface area contributed by atoms with Crippen molar-refractivity contribution in [1.29, 1.82) is 0 Å². The minimum absolute atomic E-state index is 0.00119. The largest absolute Gasteiger partial charge is 0.462 e. The zero-order valence-corrected chi connectivity index (χ0v) is 18.6. The molecule has 2 N–H and O–H groups in total. The summed E-state index contributed by atoms with van der Waals surface area (Å²) in [7, 11) is 0. The first kappa shape index (κ1) is 22.4. The van der Waals surface area contributed by atoms with Crippen molar-refractivity contribution in [2.45, 2.75) is 20.3 Å². The van der Waals surface area contributed by atoms with Crippen LogP contribution in [-0.4, -0.2) is 22.6 Å². The molecule has 9 heteroatoms. The predicted octanol–water partition coefficient (Wildman–Crippen LogP) is 5.54. The van der Waals surface area contributed by atoms with Gasteiger partial charge >= 0.3 is 5.97 Å².